The maximum atomic E-state index is 2.55. The fourth-order valence-corrected chi connectivity index (χ4v) is 7.48. The van der Waals surface area contributed by atoms with E-state index >= 15 is 0 Å². The number of para-hydroxylation sites is 1. The summed E-state index contributed by atoms with van der Waals surface area (Å²) < 4.78 is 2.55. The molecule has 0 N–H and O–H groups in total. The lowest BCUT2D eigenvalue weighted by molar-refractivity contribution is 0.661. The minimum atomic E-state index is -0.0366. The van der Waals surface area contributed by atoms with Gasteiger partial charge in [-0.15, -0.1) is 0 Å². The van der Waals surface area contributed by atoms with Crippen LogP contribution in [0.25, 0.3) is 71.6 Å². The summed E-state index contributed by atoms with van der Waals surface area (Å²) in [6.45, 7) is 4.74. The fraction of sp³-hybridized carbons (Fsp3) is 0.0811. The summed E-state index contributed by atoms with van der Waals surface area (Å²) in [5, 5.41) is 5.30. The van der Waals surface area contributed by atoms with Crippen molar-refractivity contribution in [3.05, 3.63) is 126 Å². The molecule has 1 aromatic heterocycles. The van der Waals surface area contributed by atoms with Gasteiger partial charge in [-0.3, -0.25) is 0 Å². The first kappa shape index (κ1) is 20.4. The van der Waals surface area contributed by atoms with Gasteiger partial charge < -0.3 is 4.57 Å². The highest BCUT2D eigenvalue weighted by molar-refractivity contribution is 6.20. The Kier molecular flexibility index (Phi) is 3.67. The van der Waals surface area contributed by atoms with E-state index in [4.69, 9.17) is 0 Å². The summed E-state index contributed by atoms with van der Waals surface area (Å²) in [5.74, 6) is 0. The molecule has 7 aromatic rings. The first-order valence-corrected chi connectivity index (χ1v) is 13.5. The Morgan fingerprint density at radius 2 is 1.13 bits per heavy atom. The zero-order chi connectivity index (χ0) is 25.2. The Bertz CT molecular complexity index is 2130. The van der Waals surface area contributed by atoms with E-state index in [9.17, 15) is 0 Å². The minimum absolute atomic E-state index is 0.0366. The first-order chi connectivity index (χ1) is 18.6. The average molecular weight is 484 g/mol. The molecule has 6 aromatic carbocycles. The molecule has 0 fully saturated rings. The van der Waals surface area contributed by atoms with Crippen LogP contribution in [0.4, 0.5) is 0 Å². The third-order valence-electron chi connectivity index (χ3n) is 9.15. The molecule has 2 aliphatic carbocycles. The van der Waals surface area contributed by atoms with Crippen LogP contribution >= 0.6 is 0 Å². The molecular formula is C37H25N. The third kappa shape index (κ3) is 2.29. The monoisotopic (exact) mass is 483 g/mol. The van der Waals surface area contributed by atoms with Crippen molar-refractivity contribution in [1.82, 2.24) is 4.57 Å². The van der Waals surface area contributed by atoms with Gasteiger partial charge >= 0.3 is 0 Å². The van der Waals surface area contributed by atoms with E-state index in [0.29, 0.717) is 0 Å². The second-order valence-corrected chi connectivity index (χ2v) is 11.3. The van der Waals surface area contributed by atoms with Gasteiger partial charge in [0.25, 0.3) is 0 Å². The van der Waals surface area contributed by atoms with Crippen LogP contribution in [-0.2, 0) is 5.41 Å². The smallest absolute Gasteiger partial charge is 0.0622 e. The number of rotatable bonds is 1. The van der Waals surface area contributed by atoms with Gasteiger partial charge in [-0.25, -0.2) is 0 Å². The third-order valence-corrected chi connectivity index (χ3v) is 9.15. The summed E-state index contributed by atoms with van der Waals surface area (Å²) in [6.07, 6.45) is 0. The maximum absolute atomic E-state index is 2.55. The van der Waals surface area contributed by atoms with Gasteiger partial charge in [0.15, 0.2) is 0 Å². The molecule has 0 radical (unpaired) electrons. The van der Waals surface area contributed by atoms with Crippen molar-refractivity contribution in [2.45, 2.75) is 19.3 Å². The predicted molar refractivity (Wildman–Crippen MR) is 160 cm³/mol. The van der Waals surface area contributed by atoms with Crippen molar-refractivity contribution in [3.8, 4) is 39.1 Å². The first-order valence-electron chi connectivity index (χ1n) is 13.5. The van der Waals surface area contributed by atoms with E-state index in [-0.39, 0.29) is 5.41 Å². The molecule has 178 valence electrons. The van der Waals surface area contributed by atoms with Crippen molar-refractivity contribution < 1.29 is 0 Å². The molecule has 2 aliphatic rings. The van der Waals surface area contributed by atoms with Crippen molar-refractivity contribution in [1.29, 1.82) is 0 Å². The van der Waals surface area contributed by atoms with Crippen LogP contribution in [0.5, 0.6) is 0 Å². The highest BCUT2D eigenvalue weighted by Crippen LogP contribution is 2.54. The van der Waals surface area contributed by atoms with Gasteiger partial charge in [0.1, 0.15) is 0 Å². The summed E-state index contributed by atoms with van der Waals surface area (Å²) >= 11 is 0. The zero-order valence-corrected chi connectivity index (χ0v) is 21.4. The molecule has 0 bridgehead atoms. The van der Waals surface area contributed by atoms with Crippen molar-refractivity contribution >= 4 is 32.6 Å². The molecule has 0 saturated carbocycles. The molecule has 0 aliphatic heterocycles. The minimum Gasteiger partial charge on any atom is -0.308 e. The van der Waals surface area contributed by atoms with Gasteiger partial charge in [-0.1, -0.05) is 117 Å². The highest BCUT2D eigenvalue weighted by Gasteiger charge is 2.37. The van der Waals surface area contributed by atoms with Gasteiger partial charge in [0, 0.05) is 27.1 Å². The summed E-state index contributed by atoms with van der Waals surface area (Å²) in [7, 11) is 0. The van der Waals surface area contributed by atoms with Gasteiger partial charge in [0.2, 0.25) is 0 Å². The zero-order valence-electron chi connectivity index (χ0n) is 21.4. The Hall–Kier alpha value is -4.62. The number of fused-ring (bicyclic) bond motifs is 10. The standard InChI is InChI=1S/C37H25N/c1-37(2)30-16-7-5-13-28(30)35-31(37)20-18-27-24-12-6-8-17-32(24)38(36(27)35)33-21-19-26-23-11-4-3-10-22(23)25-14-9-15-29(33)34(25)26/h3-21H,1-2H3. The summed E-state index contributed by atoms with van der Waals surface area (Å²) in [5.41, 5.74) is 14.7. The van der Waals surface area contributed by atoms with E-state index in [0.717, 1.165) is 0 Å². The number of benzene rings is 6. The number of aromatic nitrogens is 1. The Balaban J connectivity index is 1.49. The highest BCUT2D eigenvalue weighted by atomic mass is 15.0. The molecule has 38 heavy (non-hydrogen) atoms. The number of nitrogens with zero attached hydrogens (tertiary/aromatic N) is 1. The van der Waals surface area contributed by atoms with Crippen LogP contribution in [-0.4, -0.2) is 4.57 Å². The number of hydrogen-bond donors (Lipinski definition) is 0. The van der Waals surface area contributed by atoms with Crippen molar-refractivity contribution in [3.63, 3.8) is 0 Å². The summed E-state index contributed by atoms with van der Waals surface area (Å²) in [6, 6.07) is 43.0. The molecule has 0 spiro atoms. The maximum Gasteiger partial charge on any atom is 0.0622 e. The SMILES string of the molecule is CC1(C)c2ccccc2-c2c1ccc1c3ccccc3n(-c3ccc4c5c(cccc35)-c3ccccc3-4)c21. The van der Waals surface area contributed by atoms with Crippen LogP contribution in [0, 0.1) is 0 Å². The van der Waals surface area contributed by atoms with E-state index in [1.165, 1.54) is 82.8 Å². The topological polar surface area (TPSA) is 4.93 Å². The van der Waals surface area contributed by atoms with Crippen LogP contribution in [0.2, 0.25) is 0 Å². The van der Waals surface area contributed by atoms with Gasteiger partial charge in [-0.05, 0) is 56.5 Å². The van der Waals surface area contributed by atoms with Crippen molar-refractivity contribution in [2.75, 3.05) is 0 Å². The van der Waals surface area contributed by atoms with E-state index in [1.807, 2.05) is 0 Å². The molecule has 1 nitrogen and oxygen atoms in total. The van der Waals surface area contributed by atoms with Crippen LogP contribution in [0.3, 0.4) is 0 Å². The van der Waals surface area contributed by atoms with Gasteiger partial charge in [0.05, 0.1) is 16.7 Å². The van der Waals surface area contributed by atoms with E-state index in [1.54, 1.807) is 0 Å². The van der Waals surface area contributed by atoms with E-state index < -0.39 is 0 Å². The quantitative estimate of drug-likeness (QED) is 0.219. The number of hydrogen-bond acceptors (Lipinski definition) is 0. The van der Waals surface area contributed by atoms with Crippen LogP contribution in [0.15, 0.2) is 115 Å². The normalized spacial score (nSPS) is 14.3. The second kappa shape index (κ2) is 6.82. The molecule has 0 atom stereocenters. The molecule has 1 heteroatoms. The Morgan fingerprint density at radius 3 is 1.97 bits per heavy atom. The van der Waals surface area contributed by atoms with E-state index in [2.05, 4.69) is 134 Å². The van der Waals surface area contributed by atoms with Crippen LogP contribution < -0.4 is 0 Å². The molecule has 9 rings (SSSR count). The summed E-state index contributed by atoms with van der Waals surface area (Å²) in [4.78, 5) is 0. The van der Waals surface area contributed by atoms with Crippen molar-refractivity contribution in [2.24, 2.45) is 0 Å². The Labute approximate surface area is 221 Å². The molecule has 0 unspecified atom stereocenters. The molecule has 0 amide bonds. The van der Waals surface area contributed by atoms with Crippen LogP contribution in [0.1, 0.15) is 25.0 Å². The lowest BCUT2D eigenvalue weighted by atomic mass is 9.82. The molecule has 0 saturated heterocycles. The fourth-order valence-electron chi connectivity index (χ4n) is 7.48. The lowest BCUT2D eigenvalue weighted by Gasteiger charge is -2.21. The Morgan fingerprint density at radius 1 is 0.474 bits per heavy atom. The molecule has 1 heterocycles. The molecular weight excluding hydrogens is 458 g/mol. The lowest BCUT2D eigenvalue weighted by Crippen LogP contribution is -2.14. The average Bonchev–Trinajstić information content (AvgIpc) is 3.55. The van der Waals surface area contributed by atoms with Gasteiger partial charge in [-0.2, -0.15) is 0 Å². The second-order valence-electron chi connectivity index (χ2n) is 11.3. The predicted octanol–water partition coefficient (Wildman–Crippen LogP) is 9.89. The largest absolute Gasteiger partial charge is 0.308 e.